The highest BCUT2D eigenvalue weighted by Crippen LogP contribution is 2.28. The van der Waals surface area contributed by atoms with Gasteiger partial charge in [0.15, 0.2) is 5.13 Å². The van der Waals surface area contributed by atoms with Crippen LogP contribution in [0.2, 0.25) is 0 Å². The monoisotopic (exact) mass is 417 g/mol. The Hall–Kier alpha value is -1.86. The second-order valence-corrected chi connectivity index (χ2v) is 9.33. The van der Waals surface area contributed by atoms with Crippen molar-refractivity contribution >= 4 is 40.0 Å². The van der Waals surface area contributed by atoms with Crippen molar-refractivity contribution in [2.75, 3.05) is 29.9 Å². The molecular formula is C21H27N3O2S2. The van der Waals surface area contributed by atoms with E-state index in [-0.39, 0.29) is 17.6 Å². The zero-order valence-electron chi connectivity index (χ0n) is 16.7. The van der Waals surface area contributed by atoms with Gasteiger partial charge in [-0.05, 0) is 38.2 Å². The van der Waals surface area contributed by atoms with Gasteiger partial charge in [-0.1, -0.05) is 30.7 Å². The van der Waals surface area contributed by atoms with Crippen molar-refractivity contribution in [3.63, 3.8) is 0 Å². The van der Waals surface area contributed by atoms with Crippen molar-refractivity contribution in [2.24, 2.45) is 5.92 Å². The number of rotatable bonds is 6. The molecule has 1 saturated heterocycles. The third kappa shape index (κ3) is 5.58. The molecule has 0 radical (unpaired) electrons. The van der Waals surface area contributed by atoms with Gasteiger partial charge in [-0.2, -0.15) is 0 Å². The molecule has 3 rings (SSSR count). The number of carbonyl (C=O) groups is 2. The number of nitrogens with one attached hydrogen (secondary N) is 1. The Morgan fingerprint density at radius 3 is 2.89 bits per heavy atom. The summed E-state index contributed by atoms with van der Waals surface area (Å²) in [6.45, 7) is 8.00. The van der Waals surface area contributed by atoms with Gasteiger partial charge in [0, 0.05) is 24.0 Å². The predicted molar refractivity (Wildman–Crippen MR) is 118 cm³/mol. The standard InChI is InChI=1S/C21H27N3O2S2/c1-14-6-7-17(16(3)9-14)18-11-28-21(22-18)23-19(25)12-27-13-20(26)24-8-4-5-15(2)10-24/h6-7,9,11,15H,4-5,8,10,12-13H2,1-3H3,(H,22,23,25)/t15-/m0/s1. The van der Waals surface area contributed by atoms with Crippen molar-refractivity contribution in [1.82, 2.24) is 9.88 Å². The number of hydrogen-bond acceptors (Lipinski definition) is 5. The maximum atomic E-state index is 12.3. The highest BCUT2D eigenvalue weighted by molar-refractivity contribution is 8.00. The molecule has 1 fully saturated rings. The van der Waals surface area contributed by atoms with E-state index < -0.39 is 0 Å². The number of thioether (sulfide) groups is 1. The maximum absolute atomic E-state index is 12.3. The molecule has 2 amide bonds. The molecule has 0 unspecified atom stereocenters. The van der Waals surface area contributed by atoms with E-state index in [9.17, 15) is 9.59 Å². The zero-order valence-corrected chi connectivity index (χ0v) is 18.3. The molecule has 0 aliphatic carbocycles. The second kappa shape index (κ2) is 9.56. The lowest BCUT2D eigenvalue weighted by molar-refractivity contribution is -0.130. The van der Waals surface area contributed by atoms with Gasteiger partial charge in [-0.3, -0.25) is 9.59 Å². The number of aryl methyl sites for hydroxylation is 2. The summed E-state index contributed by atoms with van der Waals surface area (Å²) >= 11 is 2.79. The molecule has 2 heterocycles. The summed E-state index contributed by atoms with van der Waals surface area (Å²) in [5.41, 5.74) is 4.35. The van der Waals surface area contributed by atoms with Gasteiger partial charge in [0.1, 0.15) is 0 Å². The fraction of sp³-hybridized carbons (Fsp3) is 0.476. The van der Waals surface area contributed by atoms with Crippen LogP contribution in [-0.4, -0.2) is 46.3 Å². The molecular weight excluding hydrogens is 390 g/mol. The molecule has 0 spiro atoms. The quantitative estimate of drug-likeness (QED) is 0.759. The van der Waals surface area contributed by atoms with E-state index >= 15 is 0 Å². The molecule has 0 saturated carbocycles. The van der Waals surface area contributed by atoms with E-state index in [4.69, 9.17) is 0 Å². The van der Waals surface area contributed by atoms with Crippen LogP contribution in [0.1, 0.15) is 30.9 Å². The van der Waals surface area contributed by atoms with Crippen LogP contribution in [0, 0.1) is 19.8 Å². The van der Waals surface area contributed by atoms with Crippen LogP contribution in [0.15, 0.2) is 23.6 Å². The minimum atomic E-state index is -0.119. The van der Waals surface area contributed by atoms with Crippen molar-refractivity contribution < 1.29 is 9.59 Å². The van der Waals surface area contributed by atoms with E-state index in [1.807, 2.05) is 10.3 Å². The SMILES string of the molecule is Cc1ccc(-c2csc(NC(=O)CSCC(=O)N3CCC[C@H](C)C3)n2)c(C)c1. The Balaban J connectivity index is 1.46. The number of hydrogen-bond donors (Lipinski definition) is 1. The normalized spacial score (nSPS) is 16.8. The highest BCUT2D eigenvalue weighted by Gasteiger charge is 2.21. The van der Waals surface area contributed by atoms with Crippen LogP contribution >= 0.6 is 23.1 Å². The lowest BCUT2D eigenvalue weighted by atomic mass is 10.0. The number of amides is 2. The number of benzene rings is 1. The second-order valence-electron chi connectivity index (χ2n) is 7.48. The fourth-order valence-corrected chi connectivity index (χ4v) is 4.89. The molecule has 2 aromatic rings. The molecule has 1 aromatic heterocycles. The summed E-state index contributed by atoms with van der Waals surface area (Å²) in [4.78, 5) is 30.9. The van der Waals surface area contributed by atoms with Crippen molar-refractivity contribution in [2.45, 2.75) is 33.6 Å². The Morgan fingerprint density at radius 2 is 2.14 bits per heavy atom. The third-order valence-corrected chi connectivity index (χ3v) is 6.55. The molecule has 7 heteroatoms. The minimum absolute atomic E-state index is 0.119. The molecule has 1 aliphatic rings. The minimum Gasteiger partial charge on any atom is -0.342 e. The lowest BCUT2D eigenvalue weighted by Crippen LogP contribution is -2.40. The highest BCUT2D eigenvalue weighted by atomic mass is 32.2. The van der Waals surface area contributed by atoms with E-state index in [0.29, 0.717) is 16.8 Å². The molecule has 1 atom stereocenters. The summed E-state index contributed by atoms with van der Waals surface area (Å²) < 4.78 is 0. The van der Waals surface area contributed by atoms with Crippen molar-refractivity contribution in [3.8, 4) is 11.3 Å². The van der Waals surface area contributed by atoms with Gasteiger partial charge in [0.05, 0.1) is 17.2 Å². The Bertz CT molecular complexity index is 850. The van der Waals surface area contributed by atoms with Gasteiger partial charge < -0.3 is 10.2 Å². The third-order valence-electron chi connectivity index (χ3n) is 4.88. The number of carbonyl (C=O) groups excluding carboxylic acids is 2. The Kier molecular flexibility index (Phi) is 7.13. The van der Waals surface area contributed by atoms with Crippen molar-refractivity contribution in [1.29, 1.82) is 0 Å². The van der Waals surface area contributed by atoms with Gasteiger partial charge in [-0.15, -0.1) is 23.1 Å². The van der Waals surface area contributed by atoms with E-state index in [2.05, 4.69) is 49.3 Å². The first-order chi connectivity index (χ1) is 13.4. The summed E-state index contributed by atoms with van der Waals surface area (Å²) in [6, 6.07) is 6.26. The molecule has 1 aliphatic heterocycles. The zero-order chi connectivity index (χ0) is 20.1. The molecule has 1 N–H and O–H groups in total. The molecule has 0 bridgehead atoms. The summed E-state index contributed by atoms with van der Waals surface area (Å²) in [6.07, 6.45) is 2.27. The fourth-order valence-electron chi connectivity index (χ4n) is 3.45. The van der Waals surface area contributed by atoms with Crippen LogP contribution in [0.3, 0.4) is 0 Å². The van der Waals surface area contributed by atoms with Gasteiger partial charge in [0.2, 0.25) is 11.8 Å². The predicted octanol–water partition coefficient (Wildman–Crippen LogP) is 4.36. The summed E-state index contributed by atoms with van der Waals surface area (Å²) in [7, 11) is 0. The molecule has 1 aromatic carbocycles. The maximum Gasteiger partial charge on any atom is 0.236 e. The van der Waals surface area contributed by atoms with Gasteiger partial charge in [-0.25, -0.2) is 4.98 Å². The first kappa shape index (κ1) is 20.9. The lowest BCUT2D eigenvalue weighted by Gasteiger charge is -2.30. The Morgan fingerprint density at radius 1 is 1.32 bits per heavy atom. The number of piperidine rings is 1. The number of anilines is 1. The number of likely N-dealkylation sites (tertiary alicyclic amines) is 1. The number of thiazole rings is 1. The van der Waals surface area contributed by atoms with E-state index in [0.717, 1.165) is 30.8 Å². The Labute approximate surface area is 174 Å². The van der Waals surface area contributed by atoms with E-state index in [1.54, 1.807) is 0 Å². The molecule has 150 valence electrons. The number of nitrogens with zero attached hydrogens (tertiary/aromatic N) is 2. The first-order valence-corrected chi connectivity index (χ1v) is 11.6. The first-order valence-electron chi connectivity index (χ1n) is 9.61. The topological polar surface area (TPSA) is 62.3 Å². The van der Waals surface area contributed by atoms with Crippen LogP contribution in [0.4, 0.5) is 5.13 Å². The van der Waals surface area contributed by atoms with E-state index in [1.165, 1.54) is 40.6 Å². The van der Waals surface area contributed by atoms with Crippen LogP contribution in [0.5, 0.6) is 0 Å². The van der Waals surface area contributed by atoms with Gasteiger partial charge >= 0.3 is 0 Å². The van der Waals surface area contributed by atoms with Crippen LogP contribution in [0.25, 0.3) is 11.3 Å². The summed E-state index contributed by atoms with van der Waals surface area (Å²) in [5, 5.41) is 5.40. The largest absolute Gasteiger partial charge is 0.342 e. The van der Waals surface area contributed by atoms with Crippen LogP contribution in [-0.2, 0) is 9.59 Å². The molecule has 5 nitrogen and oxygen atoms in total. The van der Waals surface area contributed by atoms with Crippen molar-refractivity contribution in [3.05, 3.63) is 34.7 Å². The average Bonchev–Trinajstić information content (AvgIpc) is 3.09. The van der Waals surface area contributed by atoms with Crippen LogP contribution < -0.4 is 5.32 Å². The van der Waals surface area contributed by atoms with Gasteiger partial charge in [0.25, 0.3) is 0 Å². The summed E-state index contributed by atoms with van der Waals surface area (Å²) in [5.74, 6) is 1.20. The smallest absolute Gasteiger partial charge is 0.236 e. The molecule has 28 heavy (non-hydrogen) atoms. The number of aromatic nitrogens is 1. The average molecular weight is 418 g/mol.